The second kappa shape index (κ2) is 10.7. The average molecular weight is 412 g/mol. The Labute approximate surface area is 176 Å². The zero-order chi connectivity index (χ0) is 21.3. The number of rotatable bonds is 2. The first kappa shape index (κ1) is 21.7. The first-order valence-corrected chi connectivity index (χ1v) is 10.3. The Bertz CT molecular complexity index is 872. The van der Waals surface area contributed by atoms with Crippen LogP contribution in [0.4, 0.5) is 5.69 Å². The highest BCUT2D eigenvalue weighted by Gasteiger charge is 2.36. The van der Waals surface area contributed by atoms with E-state index in [1.807, 2.05) is 36.4 Å². The van der Waals surface area contributed by atoms with Gasteiger partial charge in [0.2, 0.25) is 5.91 Å². The van der Waals surface area contributed by atoms with Gasteiger partial charge in [-0.3, -0.25) is 19.3 Å². The van der Waals surface area contributed by atoms with Gasteiger partial charge in [-0.1, -0.05) is 36.4 Å². The van der Waals surface area contributed by atoms with Crippen LogP contribution in [0.3, 0.4) is 0 Å². The molecule has 2 aromatic carbocycles. The van der Waals surface area contributed by atoms with Crippen LogP contribution < -0.4 is 26.2 Å². The minimum atomic E-state index is -1.30. The van der Waals surface area contributed by atoms with Gasteiger partial charge in [0.05, 0.1) is 5.69 Å². The molecule has 8 nitrogen and oxygen atoms in total. The third kappa shape index (κ3) is 5.34. The normalized spacial score (nSPS) is 17.6. The second-order valence-electron chi connectivity index (χ2n) is 7.23. The van der Waals surface area contributed by atoms with Gasteiger partial charge in [-0.15, -0.1) is 0 Å². The Morgan fingerprint density at radius 1 is 0.833 bits per heavy atom. The largest absolute Gasteiger partial charge is 0.353 e. The SMILES string of the molecule is CC(=O)N(c1cccc2ccccc12)C1C(=O)NCCNCCCNCCNC1=O. The van der Waals surface area contributed by atoms with Gasteiger partial charge in [-0.05, 0) is 31.0 Å². The number of benzene rings is 2. The molecule has 3 rings (SSSR count). The van der Waals surface area contributed by atoms with Gasteiger partial charge < -0.3 is 21.3 Å². The highest BCUT2D eigenvalue weighted by Crippen LogP contribution is 2.28. The number of carbonyl (C=O) groups is 3. The molecule has 3 amide bonds. The number of anilines is 1. The molecule has 0 radical (unpaired) electrons. The zero-order valence-corrected chi connectivity index (χ0v) is 17.2. The van der Waals surface area contributed by atoms with Crippen LogP contribution in [-0.2, 0) is 14.4 Å². The Morgan fingerprint density at radius 2 is 1.43 bits per heavy atom. The quantitative estimate of drug-likeness (QED) is 0.535. The topological polar surface area (TPSA) is 103 Å². The molecule has 1 saturated heterocycles. The molecule has 0 bridgehead atoms. The molecule has 0 spiro atoms. The van der Waals surface area contributed by atoms with Gasteiger partial charge in [0.1, 0.15) is 0 Å². The molecule has 2 aromatic rings. The summed E-state index contributed by atoms with van der Waals surface area (Å²) < 4.78 is 0. The van der Waals surface area contributed by atoms with Crippen molar-refractivity contribution in [1.82, 2.24) is 21.3 Å². The third-order valence-electron chi connectivity index (χ3n) is 5.03. The molecule has 160 valence electrons. The molecular formula is C22H29N5O3. The van der Waals surface area contributed by atoms with Crippen LogP contribution in [0.5, 0.6) is 0 Å². The Hall–Kier alpha value is -2.97. The summed E-state index contributed by atoms with van der Waals surface area (Å²) in [6.07, 6.45) is 0.962. The summed E-state index contributed by atoms with van der Waals surface area (Å²) >= 11 is 0. The number of amides is 3. The van der Waals surface area contributed by atoms with Crippen molar-refractivity contribution >= 4 is 34.2 Å². The van der Waals surface area contributed by atoms with E-state index in [-0.39, 0.29) is 5.91 Å². The molecule has 0 unspecified atom stereocenters. The Morgan fingerprint density at radius 3 is 2.07 bits per heavy atom. The summed E-state index contributed by atoms with van der Waals surface area (Å²) in [4.78, 5) is 40.1. The lowest BCUT2D eigenvalue weighted by molar-refractivity contribution is -0.134. The van der Waals surface area contributed by atoms with E-state index in [9.17, 15) is 14.4 Å². The lowest BCUT2D eigenvalue weighted by Gasteiger charge is -2.30. The van der Waals surface area contributed by atoms with Gasteiger partial charge in [0, 0.05) is 38.5 Å². The van der Waals surface area contributed by atoms with Crippen LogP contribution in [-0.4, -0.2) is 63.0 Å². The molecule has 0 aromatic heterocycles. The van der Waals surface area contributed by atoms with Gasteiger partial charge in [-0.2, -0.15) is 0 Å². The maximum Gasteiger partial charge on any atom is 0.253 e. The molecule has 30 heavy (non-hydrogen) atoms. The highest BCUT2D eigenvalue weighted by atomic mass is 16.2. The van der Waals surface area contributed by atoms with Crippen molar-refractivity contribution in [2.75, 3.05) is 44.2 Å². The van der Waals surface area contributed by atoms with Crippen molar-refractivity contribution < 1.29 is 14.4 Å². The standard InChI is InChI=1S/C22H29N5O3/c1-16(28)27(19-9-4-7-17-6-2-3-8-18(17)19)20-21(29)25-14-12-23-10-5-11-24-13-15-26-22(20)30/h2-4,6-9,20,23-24H,5,10-15H2,1H3,(H,25,29)(H,26,30). The molecule has 0 aliphatic carbocycles. The summed E-state index contributed by atoms with van der Waals surface area (Å²) in [7, 11) is 0. The van der Waals surface area contributed by atoms with Crippen LogP contribution in [0.25, 0.3) is 10.8 Å². The molecule has 8 heteroatoms. The summed E-state index contributed by atoms with van der Waals surface area (Å²) in [5.74, 6) is -1.37. The van der Waals surface area contributed by atoms with E-state index in [0.29, 0.717) is 31.9 Å². The number of nitrogens with one attached hydrogen (secondary N) is 4. The van der Waals surface area contributed by atoms with Gasteiger partial charge in [0.15, 0.2) is 6.04 Å². The minimum Gasteiger partial charge on any atom is -0.353 e. The van der Waals surface area contributed by atoms with Gasteiger partial charge >= 0.3 is 0 Å². The molecule has 1 fully saturated rings. The molecule has 4 N–H and O–H groups in total. The summed E-state index contributed by atoms with van der Waals surface area (Å²) in [6, 6.07) is 11.8. The van der Waals surface area contributed by atoms with Crippen LogP contribution in [0.15, 0.2) is 42.5 Å². The van der Waals surface area contributed by atoms with Crippen LogP contribution in [0, 0.1) is 0 Å². The second-order valence-corrected chi connectivity index (χ2v) is 7.23. The van der Waals surface area contributed by atoms with Crippen LogP contribution >= 0.6 is 0 Å². The van der Waals surface area contributed by atoms with E-state index in [4.69, 9.17) is 0 Å². The highest BCUT2D eigenvalue weighted by molar-refractivity contribution is 6.16. The average Bonchev–Trinajstić information content (AvgIpc) is 2.74. The zero-order valence-electron chi connectivity index (χ0n) is 17.2. The summed E-state index contributed by atoms with van der Waals surface area (Å²) in [5, 5.41) is 13.8. The third-order valence-corrected chi connectivity index (χ3v) is 5.03. The Kier molecular flexibility index (Phi) is 7.75. The summed E-state index contributed by atoms with van der Waals surface area (Å²) in [6.45, 7) is 4.98. The van der Waals surface area contributed by atoms with Crippen molar-refractivity contribution in [3.8, 4) is 0 Å². The van der Waals surface area contributed by atoms with E-state index >= 15 is 0 Å². The predicted octanol–water partition coefficient (Wildman–Crippen LogP) is 0.377. The van der Waals surface area contributed by atoms with E-state index < -0.39 is 17.9 Å². The van der Waals surface area contributed by atoms with Crippen LogP contribution in [0.1, 0.15) is 13.3 Å². The number of nitrogens with zero attached hydrogens (tertiary/aromatic N) is 1. The molecule has 0 saturated carbocycles. The maximum atomic E-state index is 13.0. The van der Waals surface area contributed by atoms with E-state index in [0.717, 1.165) is 30.3 Å². The molecule has 1 heterocycles. The first-order chi connectivity index (χ1) is 14.6. The van der Waals surface area contributed by atoms with Crippen molar-refractivity contribution in [3.63, 3.8) is 0 Å². The smallest absolute Gasteiger partial charge is 0.253 e. The lowest BCUT2D eigenvalue weighted by Crippen LogP contribution is -2.58. The van der Waals surface area contributed by atoms with E-state index in [2.05, 4.69) is 21.3 Å². The maximum absolute atomic E-state index is 13.0. The fraction of sp³-hybridized carbons (Fsp3) is 0.409. The summed E-state index contributed by atoms with van der Waals surface area (Å²) in [5.41, 5.74) is 0.535. The first-order valence-electron chi connectivity index (χ1n) is 10.3. The van der Waals surface area contributed by atoms with Crippen molar-refractivity contribution in [2.24, 2.45) is 0 Å². The van der Waals surface area contributed by atoms with Gasteiger partial charge in [-0.25, -0.2) is 0 Å². The van der Waals surface area contributed by atoms with Crippen molar-refractivity contribution in [2.45, 2.75) is 19.4 Å². The van der Waals surface area contributed by atoms with E-state index in [1.165, 1.54) is 11.8 Å². The number of carbonyl (C=O) groups excluding carboxylic acids is 3. The van der Waals surface area contributed by atoms with Gasteiger partial charge in [0.25, 0.3) is 11.8 Å². The van der Waals surface area contributed by atoms with E-state index in [1.54, 1.807) is 6.07 Å². The minimum absolute atomic E-state index is 0.372. The lowest BCUT2D eigenvalue weighted by atomic mass is 10.1. The Balaban J connectivity index is 1.96. The van der Waals surface area contributed by atoms with Crippen molar-refractivity contribution in [3.05, 3.63) is 42.5 Å². The molecule has 0 atom stereocenters. The molecule has 1 aliphatic heterocycles. The van der Waals surface area contributed by atoms with Crippen LogP contribution in [0.2, 0.25) is 0 Å². The number of hydrogen-bond acceptors (Lipinski definition) is 5. The number of fused-ring (bicyclic) bond motifs is 1. The predicted molar refractivity (Wildman–Crippen MR) is 117 cm³/mol. The molecule has 1 aliphatic rings. The monoisotopic (exact) mass is 411 g/mol. The van der Waals surface area contributed by atoms with Crippen molar-refractivity contribution in [1.29, 1.82) is 0 Å². The molecular weight excluding hydrogens is 382 g/mol. The fourth-order valence-electron chi connectivity index (χ4n) is 3.59. The fourth-order valence-corrected chi connectivity index (χ4v) is 3.59. The number of hydrogen-bond donors (Lipinski definition) is 4.